The second-order valence-electron chi connectivity index (χ2n) is 4.12. The highest BCUT2D eigenvalue weighted by Crippen LogP contribution is 2.28. The lowest BCUT2D eigenvalue weighted by atomic mass is 10.0. The number of halogens is 1. The molecule has 3 nitrogen and oxygen atoms in total. The highest BCUT2D eigenvalue weighted by Gasteiger charge is 2.13. The Morgan fingerprint density at radius 3 is 2.60 bits per heavy atom. The van der Waals surface area contributed by atoms with E-state index < -0.39 is 0 Å². The first kappa shape index (κ1) is 10.6. The van der Waals surface area contributed by atoms with Gasteiger partial charge in [0.25, 0.3) is 0 Å². The third-order valence-electron chi connectivity index (χ3n) is 2.49. The lowest BCUT2D eigenvalue weighted by Crippen LogP contribution is -2.01. The highest BCUT2D eigenvalue weighted by atomic mass is 79.9. The molecule has 0 unspecified atom stereocenters. The first-order valence-electron chi connectivity index (χ1n) is 5.03. The van der Waals surface area contributed by atoms with Crippen molar-refractivity contribution in [2.45, 2.75) is 33.6 Å². The standard InChI is InChI=1S/C11H14BrN3/c1-6(2)10-7(3)5-9-13-8(4)14-15(9)11(10)12/h5-6H,1-4H3. The van der Waals surface area contributed by atoms with E-state index in [1.54, 1.807) is 0 Å². The number of rotatable bonds is 1. The average Bonchev–Trinajstić information content (AvgIpc) is 2.45. The maximum Gasteiger partial charge on any atom is 0.157 e. The number of hydrogen-bond acceptors (Lipinski definition) is 2. The molecule has 0 saturated heterocycles. The van der Waals surface area contributed by atoms with Crippen molar-refractivity contribution in [3.63, 3.8) is 0 Å². The van der Waals surface area contributed by atoms with Crippen molar-refractivity contribution < 1.29 is 0 Å². The summed E-state index contributed by atoms with van der Waals surface area (Å²) in [7, 11) is 0. The maximum atomic E-state index is 4.36. The molecule has 0 aliphatic heterocycles. The van der Waals surface area contributed by atoms with Crippen LogP contribution in [0.2, 0.25) is 0 Å². The third kappa shape index (κ3) is 1.67. The molecule has 0 spiro atoms. The van der Waals surface area contributed by atoms with Gasteiger partial charge in [-0.3, -0.25) is 0 Å². The fourth-order valence-electron chi connectivity index (χ4n) is 1.91. The second-order valence-corrected chi connectivity index (χ2v) is 4.87. The molecule has 0 aromatic carbocycles. The molecule has 0 bridgehead atoms. The van der Waals surface area contributed by atoms with Gasteiger partial charge in [0.2, 0.25) is 0 Å². The van der Waals surface area contributed by atoms with E-state index in [0.717, 1.165) is 16.1 Å². The van der Waals surface area contributed by atoms with Gasteiger partial charge in [0.05, 0.1) is 0 Å². The minimum absolute atomic E-state index is 0.480. The third-order valence-corrected chi connectivity index (χ3v) is 3.26. The van der Waals surface area contributed by atoms with Gasteiger partial charge in [-0.15, -0.1) is 0 Å². The predicted octanol–water partition coefficient (Wildman–Crippen LogP) is 3.23. The first-order valence-corrected chi connectivity index (χ1v) is 5.82. The lowest BCUT2D eigenvalue weighted by molar-refractivity contribution is 0.805. The zero-order valence-electron chi connectivity index (χ0n) is 9.37. The van der Waals surface area contributed by atoms with Crippen LogP contribution in [-0.4, -0.2) is 14.6 Å². The number of pyridine rings is 1. The summed E-state index contributed by atoms with van der Waals surface area (Å²) >= 11 is 3.61. The van der Waals surface area contributed by atoms with E-state index in [-0.39, 0.29) is 0 Å². The van der Waals surface area contributed by atoms with E-state index in [0.29, 0.717) is 5.92 Å². The molecule has 2 heterocycles. The summed E-state index contributed by atoms with van der Waals surface area (Å²) in [5, 5.41) is 4.36. The molecule has 0 fully saturated rings. The number of nitrogens with zero attached hydrogens (tertiary/aromatic N) is 3. The van der Waals surface area contributed by atoms with Gasteiger partial charge >= 0.3 is 0 Å². The van der Waals surface area contributed by atoms with E-state index in [1.807, 2.05) is 11.4 Å². The molecule has 0 amide bonds. The molecule has 2 aromatic heterocycles. The van der Waals surface area contributed by atoms with Gasteiger partial charge in [-0.2, -0.15) is 5.10 Å². The largest absolute Gasteiger partial charge is 0.212 e. The van der Waals surface area contributed by atoms with Gasteiger partial charge in [-0.1, -0.05) is 13.8 Å². The van der Waals surface area contributed by atoms with Gasteiger partial charge < -0.3 is 0 Å². The lowest BCUT2D eigenvalue weighted by Gasteiger charge is -2.12. The van der Waals surface area contributed by atoms with E-state index in [2.05, 4.69) is 52.9 Å². The van der Waals surface area contributed by atoms with Crippen LogP contribution < -0.4 is 0 Å². The number of aryl methyl sites for hydroxylation is 2. The minimum Gasteiger partial charge on any atom is -0.212 e. The zero-order chi connectivity index (χ0) is 11.2. The summed E-state index contributed by atoms with van der Waals surface area (Å²) < 4.78 is 2.88. The molecule has 0 atom stereocenters. The van der Waals surface area contributed by atoms with Gasteiger partial charge in [0, 0.05) is 0 Å². The molecule has 0 aliphatic rings. The van der Waals surface area contributed by atoms with E-state index in [9.17, 15) is 0 Å². The van der Waals surface area contributed by atoms with E-state index >= 15 is 0 Å². The Hall–Kier alpha value is -0.900. The molecule has 0 N–H and O–H groups in total. The normalized spacial score (nSPS) is 11.6. The summed E-state index contributed by atoms with van der Waals surface area (Å²) in [6, 6.07) is 2.08. The molecule has 2 rings (SSSR count). The monoisotopic (exact) mass is 267 g/mol. The molecule has 15 heavy (non-hydrogen) atoms. The van der Waals surface area contributed by atoms with Crippen molar-refractivity contribution >= 4 is 21.6 Å². The molecule has 0 aliphatic carbocycles. The quantitative estimate of drug-likeness (QED) is 0.743. The van der Waals surface area contributed by atoms with Crippen molar-refractivity contribution in [2.24, 2.45) is 0 Å². The smallest absolute Gasteiger partial charge is 0.157 e. The van der Waals surface area contributed by atoms with Crippen molar-refractivity contribution in [1.29, 1.82) is 0 Å². The molecule has 0 saturated carbocycles. The number of hydrogen-bond donors (Lipinski definition) is 0. The topological polar surface area (TPSA) is 30.2 Å². The summed E-state index contributed by atoms with van der Waals surface area (Å²) in [6.45, 7) is 8.39. The highest BCUT2D eigenvalue weighted by molar-refractivity contribution is 9.10. The van der Waals surface area contributed by atoms with E-state index in [1.165, 1.54) is 11.1 Å². The average molecular weight is 268 g/mol. The molecule has 80 valence electrons. The Balaban J connectivity index is 2.83. The van der Waals surface area contributed by atoms with Gasteiger partial charge in [-0.05, 0) is 52.9 Å². The first-order chi connectivity index (χ1) is 7.00. The van der Waals surface area contributed by atoms with Crippen LogP contribution in [0.5, 0.6) is 0 Å². The van der Waals surface area contributed by atoms with Crippen LogP contribution >= 0.6 is 15.9 Å². The molecular formula is C11H14BrN3. The van der Waals surface area contributed by atoms with Crippen LogP contribution in [0, 0.1) is 13.8 Å². The fourth-order valence-corrected chi connectivity index (χ4v) is 2.94. The van der Waals surface area contributed by atoms with Crippen LogP contribution in [0.1, 0.15) is 36.7 Å². The predicted molar refractivity (Wildman–Crippen MR) is 64.3 cm³/mol. The number of aromatic nitrogens is 3. The Labute approximate surface area is 97.6 Å². The summed E-state index contributed by atoms with van der Waals surface area (Å²) in [5.74, 6) is 1.28. The molecule has 2 aromatic rings. The van der Waals surface area contributed by atoms with Gasteiger partial charge in [0.15, 0.2) is 5.65 Å². The molecule has 4 heteroatoms. The van der Waals surface area contributed by atoms with Crippen molar-refractivity contribution in [1.82, 2.24) is 14.6 Å². The fraction of sp³-hybridized carbons (Fsp3) is 0.455. The Bertz CT molecular complexity index is 514. The number of fused-ring (bicyclic) bond motifs is 1. The summed E-state index contributed by atoms with van der Waals surface area (Å²) in [4.78, 5) is 4.36. The molecular weight excluding hydrogens is 254 g/mol. The zero-order valence-corrected chi connectivity index (χ0v) is 11.0. The van der Waals surface area contributed by atoms with Crippen LogP contribution in [0.25, 0.3) is 5.65 Å². The van der Waals surface area contributed by atoms with E-state index in [4.69, 9.17) is 0 Å². The summed E-state index contributed by atoms with van der Waals surface area (Å²) in [5.41, 5.74) is 3.46. The van der Waals surface area contributed by atoms with Crippen molar-refractivity contribution in [3.05, 3.63) is 27.6 Å². The van der Waals surface area contributed by atoms with Gasteiger partial charge in [0.1, 0.15) is 10.4 Å². The van der Waals surface area contributed by atoms with Crippen LogP contribution in [-0.2, 0) is 0 Å². The van der Waals surface area contributed by atoms with Crippen LogP contribution in [0.15, 0.2) is 10.7 Å². The second kappa shape index (κ2) is 3.59. The van der Waals surface area contributed by atoms with Crippen molar-refractivity contribution in [2.75, 3.05) is 0 Å². The van der Waals surface area contributed by atoms with Crippen LogP contribution in [0.4, 0.5) is 0 Å². The molecule has 0 radical (unpaired) electrons. The SMILES string of the molecule is Cc1nc2cc(C)c(C(C)C)c(Br)n2n1. The summed E-state index contributed by atoms with van der Waals surface area (Å²) in [6.07, 6.45) is 0. The minimum atomic E-state index is 0.480. The Morgan fingerprint density at radius 1 is 1.33 bits per heavy atom. The maximum absolute atomic E-state index is 4.36. The Kier molecular flexibility index (Phi) is 2.54. The van der Waals surface area contributed by atoms with Gasteiger partial charge in [-0.25, -0.2) is 9.50 Å². The van der Waals surface area contributed by atoms with Crippen molar-refractivity contribution in [3.8, 4) is 0 Å². The Morgan fingerprint density at radius 2 is 2.00 bits per heavy atom. The van der Waals surface area contributed by atoms with Crippen LogP contribution in [0.3, 0.4) is 0 Å².